The zero-order chi connectivity index (χ0) is 14.2. The van der Waals surface area contributed by atoms with E-state index in [1.807, 2.05) is 13.8 Å². The Kier molecular flexibility index (Phi) is 4.08. The summed E-state index contributed by atoms with van der Waals surface area (Å²) in [6.07, 6.45) is 1.70. The van der Waals surface area contributed by atoms with E-state index in [1.54, 1.807) is 10.9 Å². The second-order valence-electron chi connectivity index (χ2n) is 5.37. The van der Waals surface area contributed by atoms with Crippen molar-refractivity contribution in [2.24, 2.45) is 5.92 Å². The monoisotopic (exact) mass is 334 g/mol. The molecular weight excluding hydrogens is 318 g/mol. The summed E-state index contributed by atoms with van der Waals surface area (Å²) >= 11 is 3.32. The van der Waals surface area contributed by atoms with Crippen LogP contribution < -0.4 is 0 Å². The van der Waals surface area contributed by atoms with Crippen LogP contribution in [-0.4, -0.2) is 21.5 Å². The molecule has 0 bridgehead atoms. The molecule has 0 atom stereocenters. The normalized spacial score (nSPS) is 19.9. The van der Waals surface area contributed by atoms with Crippen LogP contribution in [0.2, 0.25) is 0 Å². The number of alkyl halides is 2. The first kappa shape index (κ1) is 14.6. The molecule has 1 fully saturated rings. The van der Waals surface area contributed by atoms with E-state index < -0.39 is 5.92 Å². The number of ketones is 1. The average Bonchev–Trinajstić information content (AvgIpc) is 2.70. The molecule has 1 aliphatic rings. The fourth-order valence-electron chi connectivity index (χ4n) is 2.46. The standard InChI is InChI=1S/C13H17BrF2N2O/c1-8(2)18-11(10(14)7-17-18)12(19)9-3-5-13(15,16)6-4-9/h7-9H,3-6H2,1-2H3. The Hall–Kier alpha value is -0.780. The molecule has 1 saturated carbocycles. The predicted molar refractivity (Wildman–Crippen MR) is 71.5 cm³/mol. The second-order valence-corrected chi connectivity index (χ2v) is 6.23. The van der Waals surface area contributed by atoms with Crippen LogP contribution in [0.4, 0.5) is 8.78 Å². The lowest BCUT2D eigenvalue weighted by molar-refractivity contribution is -0.0425. The fraction of sp³-hybridized carbons (Fsp3) is 0.692. The van der Waals surface area contributed by atoms with E-state index in [1.165, 1.54) is 0 Å². The molecule has 1 heterocycles. The van der Waals surface area contributed by atoms with E-state index in [2.05, 4.69) is 21.0 Å². The molecule has 3 nitrogen and oxygen atoms in total. The van der Waals surface area contributed by atoms with Crippen molar-refractivity contribution in [3.05, 3.63) is 16.4 Å². The van der Waals surface area contributed by atoms with E-state index in [0.29, 0.717) is 10.2 Å². The zero-order valence-corrected chi connectivity index (χ0v) is 12.6. The van der Waals surface area contributed by atoms with Crippen LogP contribution in [-0.2, 0) is 0 Å². The Morgan fingerprint density at radius 3 is 2.58 bits per heavy atom. The van der Waals surface area contributed by atoms with Crippen LogP contribution in [0.25, 0.3) is 0 Å². The first-order valence-corrected chi connectivity index (χ1v) is 7.26. The number of rotatable bonds is 3. The number of halogens is 3. The summed E-state index contributed by atoms with van der Waals surface area (Å²) in [7, 11) is 0. The highest BCUT2D eigenvalue weighted by atomic mass is 79.9. The lowest BCUT2D eigenvalue weighted by atomic mass is 9.83. The molecule has 19 heavy (non-hydrogen) atoms. The molecule has 2 rings (SSSR count). The van der Waals surface area contributed by atoms with Gasteiger partial charge in [-0.15, -0.1) is 0 Å². The van der Waals surface area contributed by atoms with Crippen molar-refractivity contribution < 1.29 is 13.6 Å². The van der Waals surface area contributed by atoms with Crippen LogP contribution >= 0.6 is 15.9 Å². The number of nitrogens with zero attached hydrogens (tertiary/aromatic N) is 2. The van der Waals surface area contributed by atoms with Gasteiger partial charge in [-0.2, -0.15) is 5.10 Å². The lowest BCUT2D eigenvalue weighted by Gasteiger charge is -2.27. The summed E-state index contributed by atoms with van der Waals surface area (Å²) in [5, 5.41) is 4.16. The summed E-state index contributed by atoms with van der Waals surface area (Å²) in [6, 6.07) is 0.0651. The minimum absolute atomic E-state index is 0.0651. The first-order chi connectivity index (χ1) is 8.82. The highest BCUT2D eigenvalue weighted by molar-refractivity contribution is 9.10. The highest BCUT2D eigenvalue weighted by Gasteiger charge is 2.38. The molecule has 0 spiro atoms. The summed E-state index contributed by atoms with van der Waals surface area (Å²) in [5.41, 5.74) is 0.505. The Morgan fingerprint density at radius 2 is 2.05 bits per heavy atom. The van der Waals surface area contributed by atoms with Gasteiger partial charge < -0.3 is 0 Å². The van der Waals surface area contributed by atoms with Crippen molar-refractivity contribution in [3.63, 3.8) is 0 Å². The molecule has 0 radical (unpaired) electrons. The van der Waals surface area contributed by atoms with Crippen LogP contribution in [0.15, 0.2) is 10.7 Å². The topological polar surface area (TPSA) is 34.9 Å². The molecule has 6 heteroatoms. The molecule has 0 saturated heterocycles. The smallest absolute Gasteiger partial charge is 0.248 e. The van der Waals surface area contributed by atoms with Crippen LogP contribution in [0.5, 0.6) is 0 Å². The molecule has 0 unspecified atom stereocenters. The summed E-state index contributed by atoms with van der Waals surface area (Å²) in [4.78, 5) is 12.5. The summed E-state index contributed by atoms with van der Waals surface area (Å²) in [6.45, 7) is 3.87. The van der Waals surface area contributed by atoms with Crippen molar-refractivity contribution in [2.45, 2.75) is 51.5 Å². The fourth-order valence-corrected chi connectivity index (χ4v) is 2.93. The van der Waals surface area contributed by atoms with Crippen LogP contribution in [0.1, 0.15) is 56.1 Å². The zero-order valence-electron chi connectivity index (χ0n) is 11.0. The van der Waals surface area contributed by atoms with Crippen molar-refractivity contribution in [3.8, 4) is 0 Å². The second kappa shape index (κ2) is 5.31. The average molecular weight is 335 g/mol. The van der Waals surface area contributed by atoms with Crippen molar-refractivity contribution >= 4 is 21.7 Å². The van der Waals surface area contributed by atoms with Gasteiger partial charge in [-0.25, -0.2) is 8.78 Å². The number of aromatic nitrogens is 2. The third kappa shape index (κ3) is 3.04. The number of carbonyl (C=O) groups is 1. The van der Waals surface area contributed by atoms with Gasteiger partial charge in [-0.1, -0.05) is 0 Å². The molecule has 1 aromatic rings. The minimum atomic E-state index is -2.60. The van der Waals surface area contributed by atoms with Gasteiger partial charge in [0.15, 0.2) is 5.78 Å². The maximum atomic E-state index is 13.1. The number of Topliss-reactive ketones (excluding diaryl/α,β-unsaturated/α-hetero) is 1. The Balaban J connectivity index is 2.19. The van der Waals surface area contributed by atoms with E-state index in [9.17, 15) is 13.6 Å². The van der Waals surface area contributed by atoms with Gasteiger partial charge in [0, 0.05) is 24.8 Å². The molecule has 1 aromatic heterocycles. The SMILES string of the molecule is CC(C)n1ncc(Br)c1C(=O)C1CCC(F)(F)CC1. The molecule has 1 aliphatic carbocycles. The molecule has 106 valence electrons. The largest absolute Gasteiger partial charge is 0.292 e. The molecule has 0 N–H and O–H groups in total. The van der Waals surface area contributed by atoms with Crippen LogP contribution in [0, 0.1) is 5.92 Å². The van der Waals surface area contributed by atoms with Crippen molar-refractivity contribution in [2.75, 3.05) is 0 Å². The predicted octanol–water partition coefficient (Wildman–Crippen LogP) is 4.23. The van der Waals surface area contributed by atoms with Gasteiger partial charge in [0.25, 0.3) is 0 Å². The van der Waals surface area contributed by atoms with Gasteiger partial charge in [0.2, 0.25) is 5.92 Å². The van der Waals surface area contributed by atoms with E-state index in [4.69, 9.17) is 0 Å². The number of carbonyl (C=O) groups excluding carboxylic acids is 1. The van der Waals surface area contributed by atoms with Gasteiger partial charge in [-0.3, -0.25) is 9.48 Å². The Morgan fingerprint density at radius 1 is 1.47 bits per heavy atom. The first-order valence-electron chi connectivity index (χ1n) is 6.47. The van der Waals surface area contributed by atoms with E-state index in [0.717, 1.165) is 0 Å². The Bertz CT molecular complexity index is 475. The van der Waals surface area contributed by atoms with Crippen molar-refractivity contribution in [1.29, 1.82) is 0 Å². The summed E-state index contributed by atoms with van der Waals surface area (Å²) in [5.74, 6) is -2.99. The van der Waals surface area contributed by atoms with E-state index in [-0.39, 0.29) is 43.4 Å². The minimum Gasteiger partial charge on any atom is -0.292 e. The van der Waals surface area contributed by atoms with Gasteiger partial charge in [0.1, 0.15) is 5.69 Å². The number of hydrogen-bond donors (Lipinski definition) is 0. The van der Waals surface area contributed by atoms with Gasteiger partial charge in [-0.05, 0) is 42.6 Å². The lowest BCUT2D eigenvalue weighted by Crippen LogP contribution is -2.30. The van der Waals surface area contributed by atoms with E-state index >= 15 is 0 Å². The maximum absolute atomic E-state index is 13.1. The third-order valence-corrected chi connectivity index (χ3v) is 4.14. The quantitative estimate of drug-likeness (QED) is 0.775. The number of hydrogen-bond acceptors (Lipinski definition) is 2. The molecule has 0 aliphatic heterocycles. The van der Waals surface area contributed by atoms with Gasteiger partial charge in [0.05, 0.1) is 10.7 Å². The molecule has 0 aromatic carbocycles. The van der Waals surface area contributed by atoms with Crippen LogP contribution in [0.3, 0.4) is 0 Å². The molecule has 0 amide bonds. The Labute approximate surface area is 119 Å². The maximum Gasteiger partial charge on any atom is 0.248 e. The third-order valence-electron chi connectivity index (χ3n) is 3.56. The van der Waals surface area contributed by atoms with Gasteiger partial charge >= 0.3 is 0 Å². The highest BCUT2D eigenvalue weighted by Crippen LogP contribution is 2.38. The molecular formula is C13H17BrF2N2O. The van der Waals surface area contributed by atoms with Crippen molar-refractivity contribution in [1.82, 2.24) is 9.78 Å². The summed E-state index contributed by atoms with van der Waals surface area (Å²) < 4.78 is 28.6.